The molecule has 1 aromatic heterocycles. The number of fused-ring (bicyclic) bond motifs is 1. The van der Waals surface area contributed by atoms with E-state index < -0.39 is 16.0 Å². The monoisotopic (exact) mass is 511 g/mol. The van der Waals surface area contributed by atoms with Gasteiger partial charge in [-0.2, -0.15) is 16.1 Å². The number of aromatic nitrogens is 1. The molecular formula is C21H19Cl2N3O4S2. The zero-order valence-electron chi connectivity index (χ0n) is 16.9. The Morgan fingerprint density at radius 3 is 2.56 bits per heavy atom. The third-order valence-corrected chi connectivity index (χ3v) is 8.46. The molecule has 0 amide bonds. The van der Waals surface area contributed by atoms with Gasteiger partial charge in [-0.1, -0.05) is 23.2 Å². The van der Waals surface area contributed by atoms with Gasteiger partial charge in [0.05, 0.1) is 22.5 Å². The number of thioether (sulfide) groups is 1. The molecule has 4 rings (SSSR count). The van der Waals surface area contributed by atoms with Crippen LogP contribution in [-0.2, 0) is 10.0 Å². The number of aryl methyl sites for hydroxylation is 1. The summed E-state index contributed by atoms with van der Waals surface area (Å²) < 4.78 is 28.5. The first-order valence-corrected chi connectivity index (χ1v) is 13.0. The third-order valence-electron chi connectivity index (χ3n) is 5.15. The van der Waals surface area contributed by atoms with Crippen LogP contribution in [0.15, 0.2) is 41.4 Å². The van der Waals surface area contributed by atoms with E-state index in [1.165, 1.54) is 28.7 Å². The van der Waals surface area contributed by atoms with Gasteiger partial charge in [-0.05, 0) is 42.8 Å². The number of anilines is 2. The molecule has 2 heterocycles. The average Bonchev–Trinajstić information content (AvgIpc) is 2.75. The smallest absolute Gasteiger partial charge is 0.337 e. The van der Waals surface area contributed by atoms with Crippen LogP contribution in [0, 0.1) is 6.92 Å². The first kappa shape index (κ1) is 23.1. The van der Waals surface area contributed by atoms with E-state index in [4.69, 9.17) is 23.2 Å². The molecule has 0 aliphatic carbocycles. The van der Waals surface area contributed by atoms with Crippen LogP contribution in [0.1, 0.15) is 15.9 Å². The zero-order valence-corrected chi connectivity index (χ0v) is 20.1. The van der Waals surface area contributed by atoms with E-state index in [-0.39, 0.29) is 26.9 Å². The SMILES string of the molecule is Cc1cc(Cl)cc2c(Nc3ccc(Cl)cc3C(=O)O)c(S(=O)(=O)N3CCSCC3)cnc12. The molecule has 2 N–H and O–H groups in total. The average molecular weight is 512 g/mol. The number of aromatic carboxylic acids is 1. The predicted molar refractivity (Wildman–Crippen MR) is 129 cm³/mol. The van der Waals surface area contributed by atoms with Gasteiger partial charge in [-0.3, -0.25) is 4.98 Å². The second kappa shape index (κ2) is 9.07. The Kier molecular flexibility index (Phi) is 6.56. The fraction of sp³-hybridized carbons (Fsp3) is 0.238. The molecular weight excluding hydrogens is 493 g/mol. The van der Waals surface area contributed by atoms with Gasteiger partial charge in [-0.15, -0.1) is 0 Å². The van der Waals surface area contributed by atoms with Gasteiger partial charge in [0.1, 0.15) is 4.90 Å². The lowest BCUT2D eigenvalue weighted by Crippen LogP contribution is -2.38. The van der Waals surface area contributed by atoms with Crippen LogP contribution in [0.2, 0.25) is 10.0 Å². The fourth-order valence-electron chi connectivity index (χ4n) is 3.61. The summed E-state index contributed by atoms with van der Waals surface area (Å²) in [6.45, 7) is 2.60. The number of benzene rings is 2. The van der Waals surface area contributed by atoms with Crippen molar-refractivity contribution in [1.82, 2.24) is 9.29 Å². The topological polar surface area (TPSA) is 99.6 Å². The lowest BCUT2D eigenvalue weighted by atomic mass is 10.1. The van der Waals surface area contributed by atoms with Crippen molar-refractivity contribution in [2.75, 3.05) is 29.9 Å². The summed E-state index contributed by atoms with van der Waals surface area (Å²) in [5.74, 6) is 0.211. The van der Waals surface area contributed by atoms with Crippen molar-refractivity contribution in [2.45, 2.75) is 11.8 Å². The molecule has 2 aromatic carbocycles. The number of hydrogen-bond donors (Lipinski definition) is 2. The molecule has 1 saturated heterocycles. The predicted octanol–water partition coefficient (Wildman–Crippen LogP) is 5.03. The molecule has 1 aliphatic heterocycles. The molecule has 0 unspecified atom stereocenters. The van der Waals surface area contributed by atoms with Crippen molar-refractivity contribution in [3.05, 3.63) is 57.7 Å². The summed E-state index contributed by atoms with van der Waals surface area (Å²) in [4.78, 5) is 16.2. The molecule has 1 fully saturated rings. The molecule has 0 atom stereocenters. The largest absolute Gasteiger partial charge is 0.478 e. The van der Waals surface area contributed by atoms with Gasteiger partial charge in [0.15, 0.2) is 0 Å². The maximum Gasteiger partial charge on any atom is 0.337 e. The number of carboxylic acids is 1. The van der Waals surface area contributed by atoms with Crippen LogP contribution in [0.4, 0.5) is 11.4 Å². The summed E-state index contributed by atoms with van der Waals surface area (Å²) in [5.41, 5.74) is 1.68. The van der Waals surface area contributed by atoms with Crippen LogP contribution in [0.5, 0.6) is 0 Å². The van der Waals surface area contributed by atoms with E-state index in [9.17, 15) is 18.3 Å². The third kappa shape index (κ3) is 4.40. The van der Waals surface area contributed by atoms with Gasteiger partial charge >= 0.3 is 5.97 Å². The van der Waals surface area contributed by atoms with Crippen LogP contribution in [0.3, 0.4) is 0 Å². The molecule has 0 bridgehead atoms. The molecule has 3 aromatic rings. The summed E-state index contributed by atoms with van der Waals surface area (Å²) in [6, 6.07) is 7.71. The van der Waals surface area contributed by atoms with Crippen LogP contribution in [-0.4, -0.2) is 53.4 Å². The maximum absolute atomic E-state index is 13.6. The van der Waals surface area contributed by atoms with E-state index in [1.807, 2.05) is 6.92 Å². The van der Waals surface area contributed by atoms with Crippen LogP contribution >= 0.6 is 35.0 Å². The van der Waals surface area contributed by atoms with E-state index in [0.717, 1.165) is 5.56 Å². The second-order valence-electron chi connectivity index (χ2n) is 7.25. The molecule has 0 saturated carbocycles. The molecule has 32 heavy (non-hydrogen) atoms. The Hall–Kier alpha value is -2.04. The van der Waals surface area contributed by atoms with Crippen molar-refractivity contribution in [3.8, 4) is 0 Å². The Morgan fingerprint density at radius 1 is 1.16 bits per heavy atom. The quantitative estimate of drug-likeness (QED) is 0.495. The number of nitrogens with one attached hydrogen (secondary N) is 1. The van der Waals surface area contributed by atoms with Gasteiger partial charge in [0.2, 0.25) is 10.0 Å². The van der Waals surface area contributed by atoms with Crippen LogP contribution < -0.4 is 5.32 Å². The highest BCUT2D eigenvalue weighted by atomic mass is 35.5. The fourth-order valence-corrected chi connectivity index (χ4v) is 6.73. The Balaban J connectivity index is 1.97. The van der Waals surface area contributed by atoms with Gasteiger partial charge in [0, 0.05) is 46.2 Å². The summed E-state index contributed by atoms with van der Waals surface area (Å²) in [6.07, 6.45) is 1.32. The Morgan fingerprint density at radius 2 is 1.88 bits per heavy atom. The molecule has 11 heteroatoms. The minimum atomic E-state index is -3.89. The van der Waals surface area contributed by atoms with Crippen molar-refractivity contribution < 1.29 is 18.3 Å². The molecule has 7 nitrogen and oxygen atoms in total. The van der Waals surface area contributed by atoms with E-state index in [2.05, 4.69) is 10.3 Å². The van der Waals surface area contributed by atoms with E-state index in [1.54, 1.807) is 23.9 Å². The highest BCUT2D eigenvalue weighted by Crippen LogP contribution is 2.37. The Bertz CT molecular complexity index is 1330. The van der Waals surface area contributed by atoms with E-state index in [0.29, 0.717) is 40.5 Å². The second-order valence-corrected chi connectivity index (χ2v) is 11.3. The van der Waals surface area contributed by atoms with Crippen LogP contribution in [0.25, 0.3) is 10.9 Å². The first-order chi connectivity index (χ1) is 15.2. The normalized spacial score (nSPS) is 15.1. The number of halogens is 2. The maximum atomic E-state index is 13.6. The van der Waals surface area contributed by atoms with Crippen molar-refractivity contribution >= 4 is 73.2 Å². The highest BCUT2D eigenvalue weighted by molar-refractivity contribution is 7.99. The lowest BCUT2D eigenvalue weighted by molar-refractivity contribution is 0.0698. The molecule has 0 radical (unpaired) electrons. The van der Waals surface area contributed by atoms with Crippen molar-refractivity contribution in [3.63, 3.8) is 0 Å². The number of sulfonamides is 1. The zero-order chi connectivity index (χ0) is 23.0. The van der Waals surface area contributed by atoms with Gasteiger partial charge in [-0.25, -0.2) is 13.2 Å². The highest BCUT2D eigenvalue weighted by Gasteiger charge is 2.30. The first-order valence-electron chi connectivity index (χ1n) is 9.65. The van der Waals surface area contributed by atoms with Gasteiger partial charge < -0.3 is 10.4 Å². The van der Waals surface area contributed by atoms with E-state index >= 15 is 0 Å². The standard InChI is InChI=1S/C21H19Cl2N3O4S2/c1-12-8-14(23)10-16-19(12)24-11-18(32(29,30)26-4-6-31-7-5-26)20(16)25-17-3-2-13(22)9-15(17)21(27)28/h2-3,8-11H,4-7H2,1H3,(H,24,25)(H,27,28). The molecule has 0 spiro atoms. The summed E-state index contributed by atoms with van der Waals surface area (Å²) >= 11 is 14.0. The number of nitrogens with zero attached hydrogens (tertiary/aromatic N) is 2. The summed E-state index contributed by atoms with van der Waals surface area (Å²) in [7, 11) is -3.89. The lowest BCUT2D eigenvalue weighted by Gasteiger charge is -2.27. The summed E-state index contributed by atoms with van der Waals surface area (Å²) in [5, 5.41) is 13.8. The molecule has 1 aliphatic rings. The minimum absolute atomic E-state index is 0.0372. The number of carboxylic acid groups (broad SMARTS) is 1. The number of hydrogen-bond acceptors (Lipinski definition) is 6. The number of pyridine rings is 1. The van der Waals surface area contributed by atoms with Crippen molar-refractivity contribution in [1.29, 1.82) is 0 Å². The number of rotatable bonds is 5. The van der Waals surface area contributed by atoms with Gasteiger partial charge in [0.25, 0.3) is 0 Å². The Labute approximate surface area is 199 Å². The van der Waals surface area contributed by atoms with Crippen molar-refractivity contribution in [2.24, 2.45) is 0 Å². The molecule has 168 valence electrons. The minimum Gasteiger partial charge on any atom is -0.478 e. The number of carbonyl (C=O) groups is 1.